The summed E-state index contributed by atoms with van der Waals surface area (Å²) < 4.78 is 0. The Morgan fingerprint density at radius 1 is 1.24 bits per heavy atom. The minimum atomic E-state index is -0.222. The third-order valence-corrected chi connectivity index (χ3v) is 2.45. The largest absolute Gasteiger partial charge is 0.321 e. The zero-order valence-electron chi connectivity index (χ0n) is 9.14. The van der Waals surface area contributed by atoms with Crippen LogP contribution >= 0.6 is 0 Å². The molecule has 0 fully saturated rings. The van der Waals surface area contributed by atoms with Gasteiger partial charge in [0.1, 0.15) is 5.94 Å². The first kappa shape index (κ1) is 11.1. The maximum Gasteiger partial charge on any atom is 0.255 e. The van der Waals surface area contributed by atoms with Crippen LogP contribution < -0.4 is 5.32 Å². The van der Waals surface area contributed by atoms with E-state index >= 15 is 0 Å². The number of hydrogen-bond acceptors (Lipinski definition) is 2. The molecule has 3 nitrogen and oxygen atoms in total. The molecule has 2 rings (SSSR count). The Labute approximate surface area is 99.1 Å². The van der Waals surface area contributed by atoms with Crippen molar-refractivity contribution >= 4 is 11.8 Å². The molecule has 1 aromatic rings. The molecule has 3 heteroatoms. The number of nitrogens with one attached hydrogen (secondary N) is 1. The molecule has 0 unspecified atom stereocenters. The van der Waals surface area contributed by atoms with Gasteiger partial charge in [0, 0.05) is 12.0 Å². The molecule has 0 radical (unpaired) electrons. The van der Waals surface area contributed by atoms with Crippen molar-refractivity contribution in [2.45, 2.75) is 6.42 Å². The lowest BCUT2D eigenvalue weighted by atomic mass is 10.1. The molecule has 1 aliphatic carbocycles. The quantitative estimate of drug-likeness (QED) is 0.783. The first-order chi connectivity index (χ1) is 8.31. The van der Waals surface area contributed by atoms with E-state index in [9.17, 15) is 9.59 Å². The number of carbonyl (C=O) groups is 1. The Morgan fingerprint density at radius 2 is 2.00 bits per heavy atom. The second kappa shape index (κ2) is 5.10. The smallest absolute Gasteiger partial charge is 0.255 e. The SMILES string of the molecule is O=C=C1CC=CC=C1NC(=O)c1ccccc1. The van der Waals surface area contributed by atoms with Gasteiger partial charge in [0.15, 0.2) is 0 Å². The summed E-state index contributed by atoms with van der Waals surface area (Å²) in [6, 6.07) is 8.87. The average Bonchev–Trinajstić information content (AvgIpc) is 2.40. The van der Waals surface area contributed by atoms with Crippen molar-refractivity contribution in [3.8, 4) is 0 Å². The van der Waals surface area contributed by atoms with Crippen LogP contribution in [0, 0.1) is 0 Å². The summed E-state index contributed by atoms with van der Waals surface area (Å²) in [6.45, 7) is 0. The summed E-state index contributed by atoms with van der Waals surface area (Å²) in [6.07, 6.45) is 5.86. The van der Waals surface area contributed by atoms with Crippen LogP contribution in [0.4, 0.5) is 0 Å². The molecule has 1 aliphatic rings. The number of benzene rings is 1. The molecule has 0 bridgehead atoms. The van der Waals surface area contributed by atoms with E-state index in [2.05, 4.69) is 5.32 Å². The predicted molar refractivity (Wildman–Crippen MR) is 65.0 cm³/mol. The van der Waals surface area contributed by atoms with E-state index in [1.165, 1.54) is 0 Å². The highest BCUT2D eigenvalue weighted by atomic mass is 16.1. The number of amides is 1. The Morgan fingerprint density at radius 3 is 2.71 bits per heavy atom. The molecule has 0 aliphatic heterocycles. The summed E-state index contributed by atoms with van der Waals surface area (Å²) in [5.41, 5.74) is 1.56. The normalized spacial score (nSPS) is 13.9. The molecule has 0 aromatic heterocycles. The lowest BCUT2D eigenvalue weighted by Gasteiger charge is -2.11. The van der Waals surface area contributed by atoms with Crippen molar-refractivity contribution in [2.75, 3.05) is 0 Å². The van der Waals surface area contributed by atoms with Crippen LogP contribution in [0.1, 0.15) is 16.8 Å². The minimum absolute atomic E-state index is 0.222. The fourth-order valence-electron chi connectivity index (χ4n) is 1.56. The highest BCUT2D eigenvalue weighted by molar-refractivity contribution is 5.96. The summed E-state index contributed by atoms with van der Waals surface area (Å²) in [7, 11) is 0. The van der Waals surface area contributed by atoms with Crippen molar-refractivity contribution in [3.63, 3.8) is 0 Å². The van der Waals surface area contributed by atoms with E-state index in [0.717, 1.165) is 0 Å². The van der Waals surface area contributed by atoms with Gasteiger partial charge in [0.2, 0.25) is 0 Å². The Hall–Kier alpha value is -2.38. The van der Waals surface area contributed by atoms with Gasteiger partial charge in [-0.2, -0.15) is 0 Å². The fraction of sp³-hybridized carbons (Fsp3) is 0.0714. The monoisotopic (exact) mass is 225 g/mol. The molecule has 0 saturated heterocycles. The second-order valence-corrected chi connectivity index (χ2v) is 3.61. The predicted octanol–water partition coefficient (Wildman–Crippen LogP) is 2.02. The number of rotatable bonds is 2. The molecular formula is C14H11NO2. The maximum atomic E-state index is 11.9. The molecule has 1 N–H and O–H groups in total. The zero-order valence-corrected chi connectivity index (χ0v) is 9.14. The van der Waals surface area contributed by atoms with Crippen molar-refractivity contribution in [3.05, 3.63) is 65.4 Å². The van der Waals surface area contributed by atoms with Gasteiger partial charge in [-0.15, -0.1) is 0 Å². The number of hydrogen-bond donors (Lipinski definition) is 1. The third kappa shape index (κ3) is 2.60. The highest BCUT2D eigenvalue weighted by Gasteiger charge is 2.12. The molecule has 0 spiro atoms. The molecular weight excluding hydrogens is 214 g/mol. The lowest BCUT2D eigenvalue weighted by Crippen LogP contribution is -2.24. The van der Waals surface area contributed by atoms with Gasteiger partial charge in [-0.05, 0) is 18.2 Å². The maximum absolute atomic E-state index is 11.9. The molecule has 0 heterocycles. The van der Waals surface area contributed by atoms with Crippen LogP contribution in [0.2, 0.25) is 0 Å². The van der Waals surface area contributed by atoms with Crippen molar-refractivity contribution in [2.24, 2.45) is 0 Å². The van der Waals surface area contributed by atoms with Crippen LogP contribution in [-0.4, -0.2) is 11.8 Å². The molecule has 17 heavy (non-hydrogen) atoms. The van der Waals surface area contributed by atoms with Crippen LogP contribution in [0.3, 0.4) is 0 Å². The van der Waals surface area contributed by atoms with Crippen LogP contribution in [0.5, 0.6) is 0 Å². The fourth-order valence-corrected chi connectivity index (χ4v) is 1.56. The topological polar surface area (TPSA) is 46.2 Å². The van der Waals surface area contributed by atoms with Gasteiger partial charge < -0.3 is 5.32 Å². The molecule has 84 valence electrons. The van der Waals surface area contributed by atoms with Gasteiger partial charge in [-0.25, -0.2) is 4.79 Å². The summed E-state index contributed by atoms with van der Waals surface area (Å²) in [4.78, 5) is 22.6. The Kier molecular flexibility index (Phi) is 3.34. The van der Waals surface area contributed by atoms with E-state index in [1.807, 2.05) is 18.1 Å². The first-order valence-electron chi connectivity index (χ1n) is 5.29. The molecule has 0 saturated carbocycles. The lowest BCUT2D eigenvalue weighted by molar-refractivity contribution is 0.0966. The van der Waals surface area contributed by atoms with E-state index in [0.29, 0.717) is 23.3 Å². The first-order valence-corrected chi connectivity index (χ1v) is 5.29. The standard InChI is InChI=1S/C14H11NO2/c16-10-12-8-4-5-9-13(12)15-14(17)11-6-2-1-3-7-11/h1-7,9H,8H2,(H,15,17). The summed E-state index contributed by atoms with van der Waals surface area (Å²) >= 11 is 0. The highest BCUT2D eigenvalue weighted by Crippen LogP contribution is 2.14. The van der Waals surface area contributed by atoms with Crippen LogP contribution in [-0.2, 0) is 4.79 Å². The molecule has 0 atom stereocenters. The van der Waals surface area contributed by atoms with Gasteiger partial charge in [0.05, 0.1) is 11.3 Å². The average molecular weight is 225 g/mol. The van der Waals surface area contributed by atoms with E-state index < -0.39 is 0 Å². The summed E-state index contributed by atoms with van der Waals surface area (Å²) in [5.74, 6) is 1.62. The van der Waals surface area contributed by atoms with E-state index in [4.69, 9.17) is 0 Å². The number of allylic oxidation sites excluding steroid dienone is 4. The molecule has 1 amide bonds. The zero-order chi connectivity index (χ0) is 12.1. The van der Waals surface area contributed by atoms with Gasteiger partial charge in [-0.1, -0.05) is 30.4 Å². The third-order valence-electron chi connectivity index (χ3n) is 2.45. The molecule has 1 aromatic carbocycles. The van der Waals surface area contributed by atoms with E-state index in [1.54, 1.807) is 36.4 Å². The Bertz CT molecular complexity index is 535. The van der Waals surface area contributed by atoms with E-state index in [-0.39, 0.29) is 5.91 Å². The Balaban J connectivity index is 2.17. The van der Waals surface area contributed by atoms with Gasteiger partial charge in [-0.3, -0.25) is 4.79 Å². The van der Waals surface area contributed by atoms with Gasteiger partial charge >= 0.3 is 0 Å². The minimum Gasteiger partial charge on any atom is -0.321 e. The van der Waals surface area contributed by atoms with Crippen molar-refractivity contribution in [1.82, 2.24) is 5.32 Å². The van der Waals surface area contributed by atoms with Crippen LogP contribution in [0.25, 0.3) is 0 Å². The van der Waals surface area contributed by atoms with Crippen molar-refractivity contribution in [1.29, 1.82) is 0 Å². The second-order valence-electron chi connectivity index (χ2n) is 3.61. The van der Waals surface area contributed by atoms with Crippen LogP contribution in [0.15, 0.2) is 59.8 Å². The van der Waals surface area contributed by atoms with Crippen molar-refractivity contribution < 1.29 is 9.59 Å². The summed E-state index contributed by atoms with van der Waals surface area (Å²) in [5, 5.41) is 2.71. The van der Waals surface area contributed by atoms with Gasteiger partial charge in [0.25, 0.3) is 5.91 Å². The number of carbonyl (C=O) groups excluding carboxylic acids is 2.